The second-order valence-corrected chi connectivity index (χ2v) is 6.02. The second kappa shape index (κ2) is 7.55. The van der Waals surface area contributed by atoms with Crippen molar-refractivity contribution in [3.63, 3.8) is 0 Å². The van der Waals surface area contributed by atoms with E-state index >= 15 is 0 Å². The molecular formula is C14H16ClNO3S. The summed E-state index contributed by atoms with van der Waals surface area (Å²) in [5.41, 5.74) is 0. The molecule has 0 aliphatic carbocycles. The number of ether oxygens (including phenoxy) is 1. The van der Waals surface area contributed by atoms with Crippen molar-refractivity contribution in [2.75, 3.05) is 12.4 Å². The average Bonchev–Trinajstić information content (AvgIpc) is 2.82. The Bertz CT molecular complexity index is 478. The van der Waals surface area contributed by atoms with Gasteiger partial charge in [-0.15, -0.1) is 0 Å². The van der Waals surface area contributed by atoms with E-state index in [0.717, 1.165) is 17.9 Å². The number of hydrogen-bond donors (Lipinski definition) is 1. The summed E-state index contributed by atoms with van der Waals surface area (Å²) in [5, 5.41) is 3.48. The van der Waals surface area contributed by atoms with Gasteiger partial charge in [0.2, 0.25) is 11.0 Å². The molecule has 1 aromatic rings. The van der Waals surface area contributed by atoms with Gasteiger partial charge in [-0.1, -0.05) is 23.4 Å². The molecule has 0 aromatic heterocycles. The first kappa shape index (κ1) is 15.2. The lowest BCUT2D eigenvalue weighted by Crippen LogP contribution is -2.37. The lowest BCUT2D eigenvalue weighted by molar-refractivity contribution is -0.124. The molecule has 1 aliphatic heterocycles. The van der Waals surface area contributed by atoms with Gasteiger partial charge in [0, 0.05) is 17.2 Å². The van der Waals surface area contributed by atoms with E-state index in [-0.39, 0.29) is 17.1 Å². The fourth-order valence-electron chi connectivity index (χ4n) is 1.85. The van der Waals surface area contributed by atoms with Crippen LogP contribution in [0.25, 0.3) is 0 Å². The van der Waals surface area contributed by atoms with E-state index < -0.39 is 0 Å². The van der Waals surface area contributed by atoms with Crippen molar-refractivity contribution in [1.29, 1.82) is 0 Å². The first-order valence-electron chi connectivity index (χ1n) is 6.49. The molecule has 20 heavy (non-hydrogen) atoms. The predicted molar refractivity (Wildman–Crippen MR) is 80.2 cm³/mol. The first-order valence-corrected chi connectivity index (χ1v) is 7.86. The van der Waals surface area contributed by atoms with Gasteiger partial charge in [-0.05, 0) is 37.1 Å². The maximum Gasteiger partial charge on any atom is 0.220 e. The summed E-state index contributed by atoms with van der Waals surface area (Å²) in [5.74, 6) is 1.44. The van der Waals surface area contributed by atoms with Gasteiger partial charge in [-0.3, -0.25) is 9.59 Å². The van der Waals surface area contributed by atoms with Crippen LogP contribution in [0.5, 0.6) is 5.75 Å². The highest BCUT2D eigenvalue weighted by molar-refractivity contribution is 8.14. The van der Waals surface area contributed by atoms with E-state index in [4.69, 9.17) is 16.3 Å². The molecule has 1 aliphatic rings. The molecule has 2 rings (SSSR count). The van der Waals surface area contributed by atoms with Crippen molar-refractivity contribution in [3.8, 4) is 5.75 Å². The Labute approximate surface area is 127 Å². The molecule has 1 saturated heterocycles. The molecule has 1 N–H and O–H groups in total. The molecule has 6 heteroatoms. The van der Waals surface area contributed by atoms with Crippen LogP contribution in [-0.4, -0.2) is 29.4 Å². The van der Waals surface area contributed by atoms with Crippen LogP contribution < -0.4 is 10.1 Å². The highest BCUT2D eigenvalue weighted by Crippen LogP contribution is 2.19. The zero-order chi connectivity index (χ0) is 14.4. The van der Waals surface area contributed by atoms with Gasteiger partial charge in [0.25, 0.3) is 0 Å². The number of rotatable bonds is 6. The Balaban J connectivity index is 1.62. The van der Waals surface area contributed by atoms with E-state index in [9.17, 15) is 9.59 Å². The standard InChI is InChI=1S/C14H16ClNO3S/c15-10-3-5-11(6-4-10)19-8-1-2-13(17)16-12-7-9-20-14(12)18/h3-6,12H,1-2,7-9H2,(H,16,17). The number of carbonyl (C=O) groups is 2. The van der Waals surface area contributed by atoms with E-state index in [1.54, 1.807) is 24.3 Å². The summed E-state index contributed by atoms with van der Waals surface area (Å²) in [6, 6.07) is 6.79. The van der Waals surface area contributed by atoms with Crippen molar-refractivity contribution in [1.82, 2.24) is 5.32 Å². The Kier molecular flexibility index (Phi) is 5.73. The Morgan fingerprint density at radius 1 is 1.40 bits per heavy atom. The third-order valence-corrected chi connectivity index (χ3v) is 4.16. The summed E-state index contributed by atoms with van der Waals surface area (Å²) in [4.78, 5) is 23.0. The number of benzene rings is 1. The highest BCUT2D eigenvalue weighted by Gasteiger charge is 2.26. The van der Waals surface area contributed by atoms with Crippen molar-refractivity contribution in [2.24, 2.45) is 0 Å². The maximum absolute atomic E-state index is 11.7. The number of nitrogens with one attached hydrogen (secondary N) is 1. The Morgan fingerprint density at radius 3 is 2.80 bits per heavy atom. The van der Waals surface area contributed by atoms with Crippen molar-refractivity contribution in [3.05, 3.63) is 29.3 Å². The SMILES string of the molecule is O=C(CCCOc1ccc(Cl)cc1)NC1CCSC1=O. The van der Waals surface area contributed by atoms with E-state index in [2.05, 4.69) is 5.32 Å². The third-order valence-electron chi connectivity index (χ3n) is 2.90. The number of carbonyl (C=O) groups excluding carboxylic acids is 2. The van der Waals surface area contributed by atoms with Crippen LogP contribution in [0.4, 0.5) is 0 Å². The topological polar surface area (TPSA) is 55.4 Å². The van der Waals surface area contributed by atoms with Crippen molar-refractivity contribution in [2.45, 2.75) is 25.3 Å². The molecular weight excluding hydrogens is 298 g/mol. The maximum atomic E-state index is 11.7. The molecule has 0 radical (unpaired) electrons. The average molecular weight is 314 g/mol. The number of hydrogen-bond acceptors (Lipinski definition) is 4. The number of amides is 1. The van der Waals surface area contributed by atoms with Gasteiger partial charge >= 0.3 is 0 Å². The quantitative estimate of drug-likeness (QED) is 0.820. The molecule has 4 nitrogen and oxygen atoms in total. The monoisotopic (exact) mass is 313 g/mol. The smallest absolute Gasteiger partial charge is 0.220 e. The molecule has 0 bridgehead atoms. The molecule has 0 saturated carbocycles. The fraction of sp³-hybridized carbons (Fsp3) is 0.429. The largest absolute Gasteiger partial charge is 0.494 e. The Hall–Kier alpha value is -1.20. The summed E-state index contributed by atoms with van der Waals surface area (Å²) in [6.45, 7) is 0.461. The van der Waals surface area contributed by atoms with Crippen LogP contribution >= 0.6 is 23.4 Å². The highest BCUT2D eigenvalue weighted by atomic mass is 35.5. The van der Waals surface area contributed by atoms with Crippen LogP contribution in [0.15, 0.2) is 24.3 Å². The zero-order valence-electron chi connectivity index (χ0n) is 10.9. The zero-order valence-corrected chi connectivity index (χ0v) is 12.5. The lowest BCUT2D eigenvalue weighted by Gasteiger charge is -2.10. The normalized spacial score (nSPS) is 18.1. The van der Waals surface area contributed by atoms with Gasteiger partial charge in [-0.25, -0.2) is 0 Å². The Morgan fingerprint density at radius 2 is 2.15 bits per heavy atom. The van der Waals surface area contributed by atoms with Crippen LogP contribution in [0.3, 0.4) is 0 Å². The van der Waals surface area contributed by atoms with Gasteiger partial charge in [0.1, 0.15) is 5.75 Å². The van der Waals surface area contributed by atoms with Crippen molar-refractivity contribution >= 4 is 34.4 Å². The molecule has 0 spiro atoms. The fourth-order valence-corrected chi connectivity index (χ4v) is 2.91. The molecule has 1 aromatic carbocycles. The van der Waals surface area contributed by atoms with Crippen LogP contribution in [0, 0.1) is 0 Å². The van der Waals surface area contributed by atoms with Gasteiger partial charge in [0.05, 0.1) is 12.6 Å². The first-order chi connectivity index (χ1) is 9.65. The van der Waals surface area contributed by atoms with Crippen LogP contribution in [0.1, 0.15) is 19.3 Å². The lowest BCUT2D eigenvalue weighted by atomic mass is 10.2. The van der Waals surface area contributed by atoms with Crippen LogP contribution in [-0.2, 0) is 9.59 Å². The minimum atomic E-state index is -0.301. The summed E-state index contributed by atoms with van der Waals surface area (Å²) in [6.07, 6.45) is 1.71. The number of thioether (sulfide) groups is 1. The third kappa shape index (κ3) is 4.72. The number of halogens is 1. The minimum absolute atomic E-state index is 0.0655. The van der Waals surface area contributed by atoms with Gasteiger partial charge in [0.15, 0.2) is 0 Å². The molecule has 1 fully saturated rings. The van der Waals surface area contributed by atoms with Gasteiger partial charge < -0.3 is 10.1 Å². The second-order valence-electron chi connectivity index (χ2n) is 4.48. The summed E-state index contributed by atoms with van der Waals surface area (Å²) in [7, 11) is 0. The molecule has 1 amide bonds. The van der Waals surface area contributed by atoms with Crippen LogP contribution in [0.2, 0.25) is 5.02 Å². The summed E-state index contributed by atoms with van der Waals surface area (Å²) >= 11 is 7.05. The van der Waals surface area contributed by atoms with Crippen molar-refractivity contribution < 1.29 is 14.3 Å². The van der Waals surface area contributed by atoms with E-state index in [1.165, 1.54) is 11.8 Å². The minimum Gasteiger partial charge on any atom is -0.494 e. The molecule has 1 atom stereocenters. The predicted octanol–water partition coefficient (Wildman–Crippen LogP) is 2.65. The van der Waals surface area contributed by atoms with E-state index in [1.807, 2.05) is 0 Å². The molecule has 1 unspecified atom stereocenters. The summed E-state index contributed by atoms with van der Waals surface area (Å²) < 4.78 is 5.49. The molecule has 108 valence electrons. The van der Waals surface area contributed by atoms with Gasteiger partial charge in [-0.2, -0.15) is 0 Å². The molecule has 1 heterocycles. The van der Waals surface area contributed by atoms with E-state index in [0.29, 0.717) is 24.5 Å².